The van der Waals surface area contributed by atoms with Gasteiger partial charge < -0.3 is 16.0 Å². The van der Waals surface area contributed by atoms with Gasteiger partial charge in [-0.1, -0.05) is 13.8 Å². The summed E-state index contributed by atoms with van der Waals surface area (Å²) in [5.74, 6) is 2.06. The lowest BCUT2D eigenvalue weighted by atomic mass is 10.1. The van der Waals surface area contributed by atoms with E-state index in [9.17, 15) is 4.79 Å². The van der Waals surface area contributed by atoms with Crippen LogP contribution in [0.1, 0.15) is 46.5 Å². The Morgan fingerprint density at radius 2 is 1.90 bits per heavy atom. The van der Waals surface area contributed by atoms with Crippen molar-refractivity contribution in [2.75, 3.05) is 26.2 Å². The van der Waals surface area contributed by atoms with Crippen LogP contribution in [-0.2, 0) is 4.79 Å². The number of hydrogen-bond acceptors (Lipinski definition) is 2. The summed E-state index contributed by atoms with van der Waals surface area (Å²) in [5, 5.41) is 9.41. The molecule has 5 heteroatoms. The highest BCUT2D eigenvalue weighted by atomic mass is 16.2. The van der Waals surface area contributed by atoms with Crippen molar-refractivity contribution in [3.05, 3.63) is 0 Å². The van der Waals surface area contributed by atoms with Crippen LogP contribution in [0.25, 0.3) is 0 Å². The van der Waals surface area contributed by atoms with E-state index in [1.807, 2.05) is 0 Å². The van der Waals surface area contributed by atoms with Gasteiger partial charge >= 0.3 is 0 Å². The van der Waals surface area contributed by atoms with Gasteiger partial charge in [-0.05, 0) is 38.5 Å². The molecule has 0 radical (unpaired) electrons. The van der Waals surface area contributed by atoms with E-state index in [1.165, 1.54) is 6.42 Å². The molecule has 1 aliphatic rings. The normalized spacial score (nSPS) is 15.3. The first-order chi connectivity index (χ1) is 9.63. The summed E-state index contributed by atoms with van der Waals surface area (Å²) in [6.07, 6.45) is 4.44. The lowest BCUT2D eigenvalue weighted by molar-refractivity contribution is -0.122. The second kappa shape index (κ2) is 9.61. The molecule has 0 aromatic heterocycles. The summed E-state index contributed by atoms with van der Waals surface area (Å²) >= 11 is 0. The molecule has 0 heterocycles. The third-order valence-corrected chi connectivity index (χ3v) is 3.22. The Labute approximate surface area is 123 Å². The minimum atomic E-state index is 0.200. The fourth-order valence-corrected chi connectivity index (χ4v) is 1.89. The van der Waals surface area contributed by atoms with E-state index in [1.54, 1.807) is 0 Å². The van der Waals surface area contributed by atoms with Gasteiger partial charge in [0.05, 0.1) is 0 Å². The Morgan fingerprint density at radius 1 is 1.20 bits per heavy atom. The van der Waals surface area contributed by atoms with Crippen molar-refractivity contribution < 1.29 is 4.79 Å². The molecule has 0 aromatic rings. The lowest BCUT2D eigenvalue weighted by Gasteiger charge is -2.12. The summed E-state index contributed by atoms with van der Waals surface area (Å²) in [6.45, 7) is 9.60. The summed E-state index contributed by atoms with van der Waals surface area (Å²) < 4.78 is 0. The third kappa shape index (κ3) is 8.02. The fraction of sp³-hybridized carbons (Fsp3) is 0.867. The van der Waals surface area contributed by atoms with E-state index in [2.05, 4.69) is 41.7 Å². The maximum absolute atomic E-state index is 11.5. The van der Waals surface area contributed by atoms with E-state index >= 15 is 0 Å². The number of guanidine groups is 1. The molecule has 0 saturated heterocycles. The number of nitrogens with zero attached hydrogens (tertiary/aromatic N) is 1. The van der Waals surface area contributed by atoms with Crippen molar-refractivity contribution in [2.24, 2.45) is 16.8 Å². The molecular weight excluding hydrogens is 252 g/mol. The molecular formula is C15H30N4O. The summed E-state index contributed by atoms with van der Waals surface area (Å²) in [6, 6.07) is 0. The van der Waals surface area contributed by atoms with E-state index in [0.717, 1.165) is 44.2 Å². The second-order valence-corrected chi connectivity index (χ2v) is 5.79. The zero-order valence-corrected chi connectivity index (χ0v) is 13.2. The second-order valence-electron chi connectivity index (χ2n) is 5.79. The van der Waals surface area contributed by atoms with Gasteiger partial charge in [0.25, 0.3) is 0 Å². The van der Waals surface area contributed by atoms with Crippen LogP contribution in [0.5, 0.6) is 0 Å². The summed E-state index contributed by atoms with van der Waals surface area (Å²) in [4.78, 5) is 16.0. The first-order valence-corrected chi connectivity index (χ1v) is 7.93. The van der Waals surface area contributed by atoms with Gasteiger partial charge in [0.1, 0.15) is 0 Å². The molecule has 1 aliphatic carbocycles. The number of nitrogens with one attached hydrogen (secondary N) is 3. The first kappa shape index (κ1) is 16.8. The molecule has 0 aromatic carbocycles. The van der Waals surface area contributed by atoms with Crippen LogP contribution in [0.3, 0.4) is 0 Å². The Bertz CT molecular complexity index is 311. The largest absolute Gasteiger partial charge is 0.357 e. The average molecular weight is 282 g/mol. The molecule has 3 N–H and O–H groups in total. The van der Waals surface area contributed by atoms with Crippen molar-refractivity contribution in [3.8, 4) is 0 Å². The highest BCUT2D eigenvalue weighted by Crippen LogP contribution is 2.28. The Hall–Kier alpha value is -1.26. The standard InChI is InChI=1S/C15H30N4O/c1-4-16-15(18-9-5-6-12(2)3)19-11-10-17-14(20)13-7-8-13/h12-13H,4-11H2,1-3H3,(H,17,20)(H2,16,18,19). The predicted octanol–water partition coefficient (Wildman–Crippen LogP) is 1.50. The molecule has 1 amide bonds. The minimum absolute atomic E-state index is 0.200. The Balaban J connectivity index is 2.13. The molecule has 0 bridgehead atoms. The molecule has 20 heavy (non-hydrogen) atoms. The molecule has 116 valence electrons. The molecule has 0 unspecified atom stereocenters. The van der Waals surface area contributed by atoms with E-state index < -0.39 is 0 Å². The molecule has 5 nitrogen and oxygen atoms in total. The number of hydrogen-bond donors (Lipinski definition) is 3. The quantitative estimate of drug-likeness (QED) is 0.341. The van der Waals surface area contributed by atoms with Crippen molar-refractivity contribution in [2.45, 2.75) is 46.5 Å². The number of amides is 1. The SMILES string of the molecule is CCNC(=NCCCC(C)C)NCCNC(=O)C1CC1. The van der Waals surface area contributed by atoms with Crippen LogP contribution >= 0.6 is 0 Å². The highest BCUT2D eigenvalue weighted by molar-refractivity contribution is 5.81. The lowest BCUT2D eigenvalue weighted by Crippen LogP contribution is -2.41. The monoisotopic (exact) mass is 282 g/mol. The number of carbonyl (C=O) groups is 1. The molecule has 1 rings (SSSR count). The highest BCUT2D eigenvalue weighted by Gasteiger charge is 2.28. The van der Waals surface area contributed by atoms with Gasteiger partial charge in [0, 0.05) is 32.1 Å². The molecule has 1 fully saturated rings. The number of rotatable bonds is 9. The van der Waals surface area contributed by atoms with Gasteiger partial charge in [-0.2, -0.15) is 0 Å². The maximum Gasteiger partial charge on any atom is 0.223 e. The predicted molar refractivity (Wildman–Crippen MR) is 83.8 cm³/mol. The van der Waals surface area contributed by atoms with Crippen LogP contribution in [0.2, 0.25) is 0 Å². The molecule has 0 atom stereocenters. The van der Waals surface area contributed by atoms with Crippen LogP contribution in [0.4, 0.5) is 0 Å². The van der Waals surface area contributed by atoms with Crippen molar-refractivity contribution in [3.63, 3.8) is 0 Å². The van der Waals surface area contributed by atoms with E-state index in [0.29, 0.717) is 13.1 Å². The Kier molecular flexibility index (Phi) is 8.07. The zero-order valence-electron chi connectivity index (χ0n) is 13.2. The topological polar surface area (TPSA) is 65.5 Å². The van der Waals surface area contributed by atoms with Crippen LogP contribution < -0.4 is 16.0 Å². The van der Waals surface area contributed by atoms with Gasteiger partial charge in [-0.25, -0.2) is 0 Å². The molecule has 0 aliphatic heterocycles. The van der Waals surface area contributed by atoms with Crippen molar-refractivity contribution in [1.82, 2.24) is 16.0 Å². The van der Waals surface area contributed by atoms with E-state index in [-0.39, 0.29) is 11.8 Å². The van der Waals surface area contributed by atoms with Crippen molar-refractivity contribution >= 4 is 11.9 Å². The van der Waals surface area contributed by atoms with Gasteiger partial charge in [0.15, 0.2) is 5.96 Å². The third-order valence-electron chi connectivity index (χ3n) is 3.22. The van der Waals surface area contributed by atoms with Gasteiger partial charge in [-0.15, -0.1) is 0 Å². The maximum atomic E-state index is 11.5. The minimum Gasteiger partial charge on any atom is -0.357 e. The zero-order chi connectivity index (χ0) is 14.8. The molecule has 1 saturated carbocycles. The fourth-order valence-electron chi connectivity index (χ4n) is 1.89. The first-order valence-electron chi connectivity index (χ1n) is 7.93. The smallest absolute Gasteiger partial charge is 0.223 e. The van der Waals surface area contributed by atoms with Gasteiger partial charge in [-0.3, -0.25) is 9.79 Å². The van der Waals surface area contributed by atoms with Crippen LogP contribution in [-0.4, -0.2) is 38.0 Å². The average Bonchev–Trinajstić information content (AvgIpc) is 3.23. The van der Waals surface area contributed by atoms with E-state index in [4.69, 9.17) is 0 Å². The summed E-state index contributed by atoms with van der Waals surface area (Å²) in [5.41, 5.74) is 0. The van der Waals surface area contributed by atoms with Crippen LogP contribution in [0, 0.1) is 11.8 Å². The summed E-state index contributed by atoms with van der Waals surface area (Å²) in [7, 11) is 0. The Morgan fingerprint density at radius 3 is 2.50 bits per heavy atom. The number of aliphatic imine (C=N–C) groups is 1. The molecule has 0 spiro atoms. The van der Waals surface area contributed by atoms with Gasteiger partial charge in [0.2, 0.25) is 5.91 Å². The number of carbonyl (C=O) groups excluding carboxylic acids is 1. The van der Waals surface area contributed by atoms with Crippen LogP contribution in [0.15, 0.2) is 4.99 Å². The van der Waals surface area contributed by atoms with Crippen molar-refractivity contribution in [1.29, 1.82) is 0 Å².